The Morgan fingerprint density at radius 1 is 0.957 bits per heavy atom. The van der Waals surface area contributed by atoms with Gasteiger partial charge in [0.05, 0.1) is 22.8 Å². The molecule has 0 aliphatic carbocycles. The Labute approximate surface area is 279 Å². The smallest absolute Gasteiger partial charge is 0.355 e. The lowest BCUT2D eigenvalue weighted by molar-refractivity contribution is -0.384. The number of rotatable bonds is 10. The third-order valence-electron chi connectivity index (χ3n) is 6.37. The van der Waals surface area contributed by atoms with Crippen molar-refractivity contribution in [2.75, 3.05) is 11.9 Å². The minimum Gasteiger partial charge on any atom is -0.490 e. The number of ether oxygens (including phenoxy) is 2. The number of esters is 1. The number of benzene rings is 4. The lowest BCUT2D eigenvalue weighted by atomic mass is 10.1. The van der Waals surface area contributed by atoms with Crippen molar-refractivity contribution >= 4 is 84.3 Å². The van der Waals surface area contributed by atoms with E-state index in [9.17, 15) is 24.5 Å². The summed E-state index contributed by atoms with van der Waals surface area (Å²) in [6, 6.07) is 22.1. The summed E-state index contributed by atoms with van der Waals surface area (Å²) in [5.74, 6) is -1.12. The van der Waals surface area contributed by atoms with Crippen LogP contribution in [0.1, 0.15) is 42.9 Å². The second kappa shape index (κ2) is 14.3. The molecule has 5 aromatic rings. The second-order valence-electron chi connectivity index (χ2n) is 9.45. The summed E-state index contributed by atoms with van der Waals surface area (Å²) in [5, 5.41) is 18.5. The number of nitrogens with one attached hydrogen (secondary N) is 2. The van der Waals surface area contributed by atoms with E-state index < -0.39 is 16.8 Å². The Kier molecular flexibility index (Phi) is 10.1. The molecule has 0 fully saturated rings. The number of non-ortho nitro benzene ring substituents is 1. The van der Waals surface area contributed by atoms with E-state index in [1.165, 1.54) is 30.5 Å². The molecule has 0 radical (unpaired) electrons. The van der Waals surface area contributed by atoms with Gasteiger partial charge < -0.3 is 14.8 Å². The number of anilines is 1. The minimum absolute atomic E-state index is 0.0907. The summed E-state index contributed by atoms with van der Waals surface area (Å²) in [6.45, 7) is 2.04. The highest BCUT2D eigenvalue weighted by Gasteiger charge is 2.22. The number of thiophene rings is 1. The van der Waals surface area contributed by atoms with Crippen molar-refractivity contribution in [2.24, 2.45) is 5.10 Å². The molecule has 0 saturated carbocycles. The molecule has 1 heterocycles. The fourth-order valence-electron chi connectivity index (χ4n) is 4.14. The van der Waals surface area contributed by atoms with Gasteiger partial charge in [-0.1, -0.05) is 27.5 Å². The van der Waals surface area contributed by atoms with Crippen molar-refractivity contribution in [1.29, 1.82) is 0 Å². The summed E-state index contributed by atoms with van der Waals surface area (Å²) < 4.78 is 12.6. The lowest BCUT2D eigenvalue weighted by Gasteiger charge is -2.11. The van der Waals surface area contributed by atoms with Crippen molar-refractivity contribution in [1.82, 2.24) is 5.43 Å². The van der Waals surface area contributed by atoms with Gasteiger partial charge >= 0.3 is 5.97 Å². The second-order valence-corrected chi connectivity index (χ2v) is 11.8. The molecule has 2 N–H and O–H groups in total. The number of hydrogen-bond donors (Lipinski definition) is 2. The predicted octanol–water partition coefficient (Wildman–Crippen LogP) is 7.86. The van der Waals surface area contributed by atoms with E-state index in [0.29, 0.717) is 32.5 Å². The zero-order valence-corrected chi connectivity index (χ0v) is 26.9. The fraction of sp³-hybridized carbons (Fsp3) is 0.0625. The maximum atomic E-state index is 13.0. The van der Waals surface area contributed by atoms with Crippen LogP contribution in [0.25, 0.3) is 10.1 Å². The number of fused-ring (bicyclic) bond motifs is 1. The van der Waals surface area contributed by atoms with Gasteiger partial charge in [-0.05, 0) is 85.3 Å². The third-order valence-corrected chi connectivity index (χ3v) is 8.54. The van der Waals surface area contributed by atoms with Gasteiger partial charge in [-0.3, -0.25) is 19.7 Å². The molecule has 0 aliphatic heterocycles. The van der Waals surface area contributed by atoms with Crippen molar-refractivity contribution in [3.05, 3.63) is 126 Å². The quantitative estimate of drug-likeness (QED) is 0.0490. The van der Waals surface area contributed by atoms with Gasteiger partial charge in [0.2, 0.25) is 0 Å². The highest BCUT2D eigenvalue weighted by Crippen LogP contribution is 2.38. The molecule has 0 aliphatic rings. The number of amides is 2. The topological polar surface area (TPSA) is 149 Å². The zero-order valence-electron chi connectivity index (χ0n) is 23.8. The van der Waals surface area contributed by atoms with Gasteiger partial charge in [-0.15, -0.1) is 11.3 Å². The van der Waals surface area contributed by atoms with E-state index in [4.69, 9.17) is 21.1 Å². The number of carbonyl (C=O) groups is 3. The third kappa shape index (κ3) is 7.57. The molecule has 46 heavy (non-hydrogen) atoms. The highest BCUT2D eigenvalue weighted by atomic mass is 79.9. The molecule has 11 nitrogen and oxygen atoms in total. The summed E-state index contributed by atoms with van der Waals surface area (Å²) in [4.78, 5) is 48.7. The Morgan fingerprint density at radius 3 is 2.35 bits per heavy atom. The van der Waals surface area contributed by atoms with Crippen LogP contribution in [0.2, 0.25) is 5.02 Å². The van der Waals surface area contributed by atoms with E-state index in [0.717, 1.165) is 15.8 Å². The van der Waals surface area contributed by atoms with Gasteiger partial charge in [-0.2, -0.15) is 5.10 Å². The highest BCUT2D eigenvalue weighted by molar-refractivity contribution is 9.10. The molecule has 232 valence electrons. The number of hydrogen-bond acceptors (Lipinski definition) is 9. The fourth-order valence-corrected chi connectivity index (χ4v) is 5.82. The monoisotopic (exact) mass is 720 g/mol. The van der Waals surface area contributed by atoms with Crippen molar-refractivity contribution in [3.63, 3.8) is 0 Å². The number of nitrogens with zero attached hydrogens (tertiary/aromatic N) is 2. The molecule has 0 unspecified atom stereocenters. The van der Waals surface area contributed by atoms with Gasteiger partial charge in [0, 0.05) is 43.5 Å². The number of hydrazone groups is 1. The Bertz CT molecular complexity index is 2000. The zero-order chi connectivity index (χ0) is 32.8. The van der Waals surface area contributed by atoms with Crippen LogP contribution in [0.3, 0.4) is 0 Å². The van der Waals surface area contributed by atoms with Crippen LogP contribution in [0.4, 0.5) is 11.4 Å². The number of carbonyl (C=O) groups excluding carboxylic acids is 3. The summed E-state index contributed by atoms with van der Waals surface area (Å²) in [7, 11) is 0. The van der Waals surface area contributed by atoms with Crippen molar-refractivity contribution < 1.29 is 28.8 Å². The maximum absolute atomic E-state index is 13.0. The molecular weight excluding hydrogens is 700 g/mol. The molecule has 0 bridgehead atoms. The van der Waals surface area contributed by atoms with E-state index >= 15 is 0 Å². The molecule has 1 aromatic heterocycles. The number of nitro groups is 1. The van der Waals surface area contributed by atoms with Crippen LogP contribution >= 0.6 is 38.9 Å². The first-order valence-corrected chi connectivity index (χ1v) is 15.5. The van der Waals surface area contributed by atoms with Gasteiger partial charge in [-0.25, -0.2) is 10.2 Å². The Morgan fingerprint density at radius 2 is 1.65 bits per heavy atom. The summed E-state index contributed by atoms with van der Waals surface area (Å²) in [5.41, 5.74) is 4.21. The SMILES string of the molecule is CCOc1cc(/C=N\NC(=O)c2ccc(NC(=O)c3ccc(Br)cc3)cc2)ccc1OC(=O)c1sc2cc([N+](=O)[O-])ccc2c1Cl. The van der Waals surface area contributed by atoms with Crippen LogP contribution in [0.15, 0.2) is 94.5 Å². The van der Waals surface area contributed by atoms with Crippen LogP contribution < -0.4 is 20.2 Å². The molecule has 0 saturated heterocycles. The standard InChI is InChI=1S/C32H22BrClN4O7S/c1-2-44-26-15-18(3-14-25(26)45-32(41)29-28(34)24-13-12-23(38(42)43)16-27(24)46-29)17-35-37-31(40)20-6-10-22(11-7-20)36-30(39)19-4-8-21(33)9-5-19/h3-17H,2H2,1H3,(H,36,39)(H,37,40)/b35-17-. The van der Waals surface area contributed by atoms with Crippen LogP contribution in [-0.2, 0) is 0 Å². The van der Waals surface area contributed by atoms with Crippen molar-refractivity contribution in [3.8, 4) is 11.5 Å². The van der Waals surface area contributed by atoms with Gasteiger partial charge in [0.1, 0.15) is 4.88 Å². The van der Waals surface area contributed by atoms with Crippen LogP contribution in [-0.4, -0.2) is 35.5 Å². The van der Waals surface area contributed by atoms with Gasteiger partial charge in [0.25, 0.3) is 17.5 Å². The van der Waals surface area contributed by atoms with E-state index in [1.54, 1.807) is 67.6 Å². The van der Waals surface area contributed by atoms with E-state index in [-0.39, 0.29) is 39.6 Å². The largest absolute Gasteiger partial charge is 0.490 e. The first-order valence-electron chi connectivity index (χ1n) is 13.5. The first kappa shape index (κ1) is 32.3. The molecule has 2 amide bonds. The molecular formula is C32H22BrClN4O7S. The average molecular weight is 722 g/mol. The molecule has 0 spiro atoms. The molecule has 5 rings (SSSR count). The summed E-state index contributed by atoms with van der Waals surface area (Å²) in [6.07, 6.45) is 1.40. The Hall–Kier alpha value is -5.11. The van der Waals surface area contributed by atoms with Crippen LogP contribution in [0.5, 0.6) is 11.5 Å². The summed E-state index contributed by atoms with van der Waals surface area (Å²) >= 11 is 10.7. The average Bonchev–Trinajstić information content (AvgIpc) is 3.38. The normalized spacial score (nSPS) is 10.9. The first-order chi connectivity index (χ1) is 22.1. The lowest BCUT2D eigenvalue weighted by Crippen LogP contribution is -2.18. The number of nitro benzene ring substituents is 1. The van der Waals surface area contributed by atoms with E-state index in [1.807, 2.05) is 0 Å². The number of halogens is 2. The van der Waals surface area contributed by atoms with Gasteiger partial charge in [0.15, 0.2) is 11.5 Å². The minimum atomic E-state index is -0.748. The molecule has 14 heteroatoms. The van der Waals surface area contributed by atoms with Crippen LogP contribution in [0, 0.1) is 10.1 Å². The molecule has 0 atom stereocenters. The maximum Gasteiger partial charge on any atom is 0.355 e. The van der Waals surface area contributed by atoms with E-state index in [2.05, 4.69) is 31.8 Å². The predicted molar refractivity (Wildman–Crippen MR) is 180 cm³/mol. The molecule has 4 aromatic carbocycles. The Balaban J connectivity index is 1.22. The van der Waals surface area contributed by atoms with Crippen molar-refractivity contribution in [2.45, 2.75) is 6.92 Å².